The van der Waals surface area contributed by atoms with E-state index in [0.717, 1.165) is 5.56 Å². The Labute approximate surface area is 119 Å². The van der Waals surface area contributed by atoms with Crippen molar-refractivity contribution in [3.05, 3.63) is 42.0 Å². The Morgan fingerprint density at radius 2 is 2.15 bits per heavy atom. The average molecular weight is 276 g/mol. The number of hydrogen-bond acceptors (Lipinski definition) is 4. The highest BCUT2D eigenvalue weighted by Crippen LogP contribution is 2.36. The Kier molecular flexibility index (Phi) is 4.57. The molecule has 1 aliphatic rings. The highest BCUT2D eigenvalue weighted by molar-refractivity contribution is 5.78. The molecule has 0 aromatic heterocycles. The summed E-state index contributed by atoms with van der Waals surface area (Å²) in [4.78, 5) is 12.0. The molecule has 1 fully saturated rings. The Bertz CT molecular complexity index is 483. The first-order valence-corrected chi connectivity index (χ1v) is 6.70. The third-order valence-corrected chi connectivity index (χ3v) is 3.86. The van der Waals surface area contributed by atoms with E-state index in [0.29, 0.717) is 13.0 Å². The van der Waals surface area contributed by atoms with Crippen LogP contribution in [0.3, 0.4) is 0 Å². The van der Waals surface area contributed by atoms with Gasteiger partial charge in [0.2, 0.25) is 0 Å². The van der Waals surface area contributed by atoms with Crippen LogP contribution in [0, 0.1) is 5.41 Å². The SMILES string of the molecule is COC(=O)[C@]1(C)[C@@H](O)CCO[C@@H]1/C=C/c1ccccc1. The number of aliphatic hydroxyl groups is 1. The van der Waals surface area contributed by atoms with Crippen molar-refractivity contribution in [2.24, 2.45) is 5.41 Å². The van der Waals surface area contributed by atoms with Gasteiger partial charge in [0, 0.05) is 6.61 Å². The maximum atomic E-state index is 12.0. The van der Waals surface area contributed by atoms with Gasteiger partial charge in [0.25, 0.3) is 0 Å². The van der Waals surface area contributed by atoms with E-state index in [-0.39, 0.29) is 0 Å². The summed E-state index contributed by atoms with van der Waals surface area (Å²) in [5.74, 6) is -0.451. The summed E-state index contributed by atoms with van der Waals surface area (Å²) >= 11 is 0. The lowest BCUT2D eigenvalue weighted by atomic mass is 9.75. The molecule has 1 N–H and O–H groups in total. The molecule has 1 saturated heterocycles. The van der Waals surface area contributed by atoms with E-state index in [2.05, 4.69) is 0 Å². The zero-order chi connectivity index (χ0) is 14.6. The van der Waals surface area contributed by atoms with Crippen LogP contribution in [0.1, 0.15) is 18.9 Å². The summed E-state index contributed by atoms with van der Waals surface area (Å²) in [6.45, 7) is 2.11. The molecule has 0 aliphatic carbocycles. The fraction of sp³-hybridized carbons (Fsp3) is 0.438. The topological polar surface area (TPSA) is 55.8 Å². The van der Waals surface area contributed by atoms with Gasteiger partial charge in [-0.1, -0.05) is 42.5 Å². The summed E-state index contributed by atoms with van der Waals surface area (Å²) in [7, 11) is 1.33. The molecular formula is C16H20O4. The minimum absolute atomic E-state index is 0.428. The maximum absolute atomic E-state index is 12.0. The van der Waals surface area contributed by atoms with Crippen LogP contribution in [-0.4, -0.2) is 37.0 Å². The molecule has 3 atom stereocenters. The molecule has 4 heteroatoms. The van der Waals surface area contributed by atoms with Crippen molar-refractivity contribution in [2.45, 2.75) is 25.6 Å². The molecule has 20 heavy (non-hydrogen) atoms. The molecular weight excluding hydrogens is 256 g/mol. The largest absolute Gasteiger partial charge is 0.468 e. The zero-order valence-corrected chi connectivity index (χ0v) is 11.8. The lowest BCUT2D eigenvalue weighted by molar-refractivity contribution is -0.182. The van der Waals surface area contributed by atoms with Crippen LogP contribution in [0.5, 0.6) is 0 Å². The minimum atomic E-state index is -1.07. The lowest BCUT2D eigenvalue weighted by Gasteiger charge is -2.41. The molecule has 2 rings (SSSR count). The quantitative estimate of drug-likeness (QED) is 0.858. The molecule has 1 aromatic rings. The molecule has 4 nitrogen and oxygen atoms in total. The third-order valence-electron chi connectivity index (χ3n) is 3.86. The number of ether oxygens (including phenoxy) is 2. The first-order valence-electron chi connectivity index (χ1n) is 6.70. The molecule has 0 saturated carbocycles. The number of benzene rings is 1. The predicted octanol–water partition coefficient (Wildman–Crippen LogP) is 2.03. The molecule has 0 spiro atoms. The van der Waals surface area contributed by atoms with Crippen molar-refractivity contribution in [2.75, 3.05) is 13.7 Å². The van der Waals surface area contributed by atoms with Crippen LogP contribution in [-0.2, 0) is 14.3 Å². The fourth-order valence-corrected chi connectivity index (χ4v) is 2.46. The van der Waals surface area contributed by atoms with Gasteiger partial charge in [-0.3, -0.25) is 4.79 Å². The molecule has 1 aromatic carbocycles. The summed E-state index contributed by atoms with van der Waals surface area (Å²) in [6, 6.07) is 9.75. The first-order chi connectivity index (χ1) is 9.59. The molecule has 1 heterocycles. The van der Waals surface area contributed by atoms with Crippen LogP contribution < -0.4 is 0 Å². The Balaban J connectivity index is 2.23. The number of hydrogen-bond donors (Lipinski definition) is 1. The van der Waals surface area contributed by atoms with Gasteiger partial charge in [-0.2, -0.15) is 0 Å². The van der Waals surface area contributed by atoms with Gasteiger partial charge in [0.1, 0.15) is 5.41 Å². The summed E-state index contributed by atoms with van der Waals surface area (Å²) in [6.07, 6.45) is 2.87. The van der Waals surface area contributed by atoms with Gasteiger partial charge in [0.05, 0.1) is 19.3 Å². The number of carbonyl (C=O) groups excluding carboxylic acids is 1. The Hall–Kier alpha value is -1.65. The molecule has 1 aliphatic heterocycles. The maximum Gasteiger partial charge on any atom is 0.317 e. The second-order valence-corrected chi connectivity index (χ2v) is 5.14. The summed E-state index contributed by atoms with van der Waals surface area (Å²) in [5, 5.41) is 10.2. The van der Waals surface area contributed by atoms with Crippen LogP contribution >= 0.6 is 0 Å². The van der Waals surface area contributed by atoms with Gasteiger partial charge in [-0.05, 0) is 18.9 Å². The van der Waals surface area contributed by atoms with Crippen molar-refractivity contribution >= 4 is 12.0 Å². The van der Waals surface area contributed by atoms with E-state index in [9.17, 15) is 9.90 Å². The second-order valence-electron chi connectivity index (χ2n) is 5.14. The number of methoxy groups -OCH3 is 1. The van der Waals surface area contributed by atoms with E-state index in [1.54, 1.807) is 6.92 Å². The van der Waals surface area contributed by atoms with Gasteiger partial charge >= 0.3 is 5.97 Å². The van der Waals surface area contributed by atoms with Crippen molar-refractivity contribution in [3.8, 4) is 0 Å². The molecule has 0 bridgehead atoms. The monoisotopic (exact) mass is 276 g/mol. The highest BCUT2D eigenvalue weighted by Gasteiger charge is 2.50. The van der Waals surface area contributed by atoms with Crippen LogP contribution in [0.2, 0.25) is 0 Å². The van der Waals surface area contributed by atoms with Crippen molar-refractivity contribution in [3.63, 3.8) is 0 Å². The summed E-state index contributed by atoms with van der Waals surface area (Å²) in [5.41, 5.74) is -0.0541. The Morgan fingerprint density at radius 1 is 1.45 bits per heavy atom. The zero-order valence-electron chi connectivity index (χ0n) is 11.8. The van der Waals surface area contributed by atoms with Crippen LogP contribution in [0.25, 0.3) is 6.08 Å². The van der Waals surface area contributed by atoms with Gasteiger partial charge in [-0.15, -0.1) is 0 Å². The molecule has 0 unspecified atom stereocenters. The van der Waals surface area contributed by atoms with E-state index in [1.165, 1.54) is 7.11 Å². The average Bonchev–Trinajstić information content (AvgIpc) is 2.49. The standard InChI is InChI=1S/C16H20O4/c1-16(15(18)19-2)13(17)10-11-20-14(16)9-8-12-6-4-3-5-7-12/h3-9,13-14,17H,10-11H2,1-2H3/b9-8+/t13-,14+,16+/m0/s1. The molecule has 0 radical (unpaired) electrons. The van der Waals surface area contributed by atoms with Crippen LogP contribution in [0.4, 0.5) is 0 Å². The number of carbonyl (C=O) groups is 1. The van der Waals surface area contributed by atoms with Gasteiger partial charge < -0.3 is 14.6 Å². The first kappa shape index (κ1) is 14.8. The third kappa shape index (κ3) is 2.76. The minimum Gasteiger partial charge on any atom is -0.468 e. The van der Waals surface area contributed by atoms with Crippen molar-refractivity contribution < 1.29 is 19.4 Å². The number of esters is 1. The fourth-order valence-electron chi connectivity index (χ4n) is 2.46. The molecule has 108 valence electrons. The van der Waals surface area contributed by atoms with E-state index in [1.807, 2.05) is 42.5 Å². The van der Waals surface area contributed by atoms with Crippen molar-refractivity contribution in [1.29, 1.82) is 0 Å². The van der Waals surface area contributed by atoms with Gasteiger partial charge in [-0.25, -0.2) is 0 Å². The lowest BCUT2D eigenvalue weighted by Crippen LogP contribution is -2.53. The van der Waals surface area contributed by atoms with Crippen molar-refractivity contribution in [1.82, 2.24) is 0 Å². The summed E-state index contributed by atoms with van der Waals surface area (Å²) < 4.78 is 10.5. The molecule has 0 amide bonds. The second kappa shape index (κ2) is 6.20. The van der Waals surface area contributed by atoms with E-state index < -0.39 is 23.6 Å². The Morgan fingerprint density at radius 3 is 2.80 bits per heavy atom. The predicted molar refractivity (Wildman–Crippen MR) is 76.0 cm³/mol. The van der Waals surface area contributed by atoms with E-state index >= 15 is 0 Å². The van der Waals surface area contributed by atoms with E-state index in [4.69, 9.17) is 9.47 Å². The normalized spacial score (nSPS) is 30.4. The number of aliphatic hydroxyl groups excluding tert-OH is 1. The smallest absolute Gasteiger partial charge is 0.317 e. The number of rotatable bonds is 3. The highest BCUT2D eigenvalue weighted by atomic mass is 16.5. The van der Waals surface area contributed by atoms with Gasteiger partial charge in [0.15, 0.2) is 0 Å². The van der Waals surface area contributed by atoms with Crippen LogP contribution in [0.15, 0.2) is 36.4 Å².